The highest BCUT2D eigenvalue weighted by molar-refractivity contribution is 7.92. The van der Waals surface area contributed by atoms with Gasteiger partial charge in [-0.05, 0) is 37.3 Å². The second kappa shape index (κ2) is 7.97. The highest BCUT2D eigenvalue weighted by atomic mass is 32.2. The first-order valence-corrected chi connectivity index (χ1v) is 10.7. The molecule has 2 aromatic carbocycles. The van der Waals surface area contributed by atoms with Gasteiger partial charge >= 0.3 is 0 Å². The number of nitrogens with one attached hydrogen (secondary N) is 1. The Morgan fingerprint density at radius 1 is 0.964 bits per heavy atom. The molecule has 12 heteroatoms. The van der Waals surface area contributed by atoms with E-state index >= 15 is 0 Å². The van der Waals surface area contributed by atoms with E-state index in [1.807, 2.05) is 4.72 Å². The molecule has 0 bridgehead atoms. The highest BCUT2D eigenvalue weighted by Crippen LogP contribution is 2.30. The monoisotopic (exact) mass is 438 g/mol. The number of benzene rings is 2. The predicted octanol–water partition coefficient (Wildman–Crippen LogP) is 2.55. The van der Waals surface area contributed by atoms with Crippen LogP contribution >= 0.6 is 0 Å². The van der Waals surface area contributed by atoms with Gasteiger partial charge in [0.05, 0.1) is 12.3 Å². The van der Waals surface area contributed by atoms with Crippen molar-refractivity contribution in [2.75, 3.05) is 25.4 Å². The van der Waals surface area contributed by atoms with Gasteiger partial charge < -0.3 is 4.74 Å². The summed E-state index contributed by atoms with van der Waals surface area (Å²) in [5, 5.41) is 0. The third-order valence-corrected chi connectivity index (χ3v) is 6.78. The lowest BCUT2D eigenvalue weighted by Crippen LogP contribution is -2.23. The van der Waals surface area contributed by atoms with Crippen LogP contribution in [0.1, 0.15) is 6.92 Å². The first-order valence-electron chi connectivity index (χ1n) is 7.77. The van der Waals surface area contributed by atoms with Crippen molar-refractivity contribution in [3.05, 3.63) is 47.8 Å². The van der Waals surface area contributed by atoms with Crippen molar-refractivity contribution in [1.29, 1.82) is 0 Å². The molecule has 0 saturated carbocycles. The van der Waals surface area contributed by atoms with Crippen LogP contribution in [0, 0.1) is 17.5 Å². The number of ether oxygens (including phenoxy) is 1. The Balaban J connectivity index is 2.54. The first kappa shape index (κ1) is 22.0. The molecule has 0 amide bonds. The van der Waals surface area contributed by atoms with Crippen molar-refractivity contribution in [2.45, 2.75) is 16.7 Å². The molecule has 0 heterocycles. The fourth-order valence-electron chi connectivity index (χ4n) is 2.17. The molecule has 1 N–H and O–H groups in total. The molecular weight excluding hydrogens is 421 g/mol. The van der Waals surface area contributed by atoms with Crippen LogP contribution in [0.15, 0.2) is 40.1 Å². The Labute approximate surface area is 160 Å². The number of rotatable bonds is 7. The Morgan fingerprint density at radius 2 is 1.61 bits per heavy atom. The van der Waals surface area contributed by atoms with E-state index in [1.165, 1.54) is 26.2 Å². The van der Waals surface area contributed by atoms with E-state index in [-0.39, 0.29) is 22.9 Å². The molecule has 2 rings (SSSR count). The van der Waals surface area contributed by atoms with Gasteiger partial charge in [-0.1, -0.05) is 0 Å². The maximum atomic E-state index is 13.8. The molecule has 0 atom stereocenters. The van der Waals surface area contributed by atoms with Crippen molar-refractivity contribution >= 4 is 25.7 Å². The molecule has 0 aromatic heterocycles. The van der Waals surface area contributed by atoms with Gasteiger partial charge in [0.15, 0.2) is 17.5 Å². The maximum Gasteiger partial charge on any atom is 0.264 e. The highest BCUT2D eigenvalue weighted by Gasteiger charge is 2.27. The van der Waals surface area contributed by atoms with Gasteiger partial charge in [0, 0.05) is 14.1 Å². The largest absolute Gasteiger partial charge is 0.492 e. The second-order valence-electron chi connectivity index (χ2n) is 5.66. The van der Waals surface area contributed by atoms with E-state index in [9.17, 15) is 30.0 Å². The molecule has 2 aromatic rings. The van der Waals surface area contributed by atoms with Crippen LogP contribution in [0.3, 0.4) is 0 Å². The molecule has 0 unspecified atom stereocenters. The normalized spacial score (nSPS) is 12.2. The Hall–Kier alpha value is -2.31. The summed E-state index contributed by atoms with van der Waals surface area (Å²) >= 11 is 0. The van der Waals surface area contributed by atoms with E-state index in [2.05, 4.69) is 0 Å². The van der Waals surface area contributed by atoms with E-state index in [1.54, 1.807) is 6.92 Å². The van der Waals surface area contributed by atoms with Crippen molar-refractivity contribution < 1.29 is 34.7 Å². The minimum Gasteiger partial charge on any atom is -0.492 e. The molecule has 154 valence electrons. The predicted molar refractivity (Wildman–Crippen MR) is 95.6 cm³/mol. The summed E-state index contributed by atoms with van der Waals surface area (Å²) in [6.45, 7) is 1.79. The summed E-state index contributed by atoms with van der Waals surface area (Å²) in [7, 11) is -6.12. The number of hydrogen-bond donors (Lipinski definition) is 1. The zero-order valence-corrected chi connectivity index (χ0v) is 16.7. The minimum absolute atomic E-state index is 0.0156. The van der Waals surface area contributed by atoms with Gasteiger partial charge in [-0.25, -0.2) is 34.3 Å². The topological polar surface area (TPSA) is 92.8 Å². The molecule has 0 aliphatic carbocycles. The molecule has 0 radical (unpaired) electrons. The summed E-state index contributed by atoms with van der Waals surface area (Å²) in [4.78, 5) is -1.46. The quantitative estimate of drug-likeness (QED) is 0.671. The SMILES string of the molecule is CCOc1ccc(NS(=O)(=O)c2ccc(F)c(F)c2F)cc1S(=O)(=O)N(C)C. The van der Waals surface area contributed by atoms with E-state index in [4.69, 9.17) is 4.74 Å². The van der Waals surface area contributed by atoms with Gasteiger partial charge in [0.1, 0.15) is 15.5 Å². The molecule has 0 fully saturated rings. The summed E-state index contributed by atoms with van der Waals surface area (Å²) < 4.78 is 98.0. The molecule has 7 nitrogen and oxygen atoms in total. The zero-order chi connectivity index (χ0) is 21.3. The van der Waals surface area contributed by atoms with E-state index < -0.39 is 42.4 Å². The van der Waals surface area contributed by atoms with Crippen molar-refractivity contribution in [3.63, 3.8) is 0 Å². The fourth-order valence-corrected chi connectivity index (χ4v) is 4.34. The average Bonchev–Trinajstić information content (AvgIpc) is 2.60. The number of nitrogens with zero attached hydrogens (tertiary/aromatic N) is 1. The third-order valence-electron chi connectivity index (χ3n) is 3.54. The number of anilines is 1. The van der Waals surface area contributed by atoms with Crippen molar-refractivity contribution in [2.24, 2.45) is 0 Å². The lowest BCUT2D eigenvalue weighted by molar-refractivity contribution is 0.330. The number of hydrogen-bond acceptors (Lipinski definition) is 5. The number of sulfonamides is 2. The van der Waals surface area contributed by atoms with Crippen LogP contribution in [0.5, 0.6) is 5.75 Å². The van der Waals surface area contributed by atoms with Gasteiger partial charge in [-0.3, -0.25) is 4.72 Å². The molecule has 0 aliphatic heterocycles. The Morgan fingerprint density at radius 3 is 2.18 bits per heavy atom. The lowest BCUT2D eigenvalue weighted by Gasteiger charge is -2.17. The van der Waals surface area contributed by atoms with Crippen LogP contribution in [0.25, 0.3) is 0 Å². The third kappa shape index (κ3) is 4.23. The Bertz CT molecular complexity index is 1100. The second-order valence-corrected chi connectivity index (χ2v) is 9.43. The standard InChI is InChI=1S/C16H17F3N2O5S2/c1-4-26-12-7-5-10(9-14(12)28(24,25)21(2)3)20-27(22,23)13-8-6-11(17)15(18)16(13)19/h5-9,20H,4H2,1-3H3. The number of halogens is 3. The molecule has 0 spiro atoms. The van der Waals surface area contributed by atoms with Crippen LogP contribution in [-0.4, -0.2) is 41.8 Å². The van der Waals surface area contributed by atoms with Crippen molar-refractivity contribution in [3.8, 4) is 5.75 Å². The fraction of sp³-hybridized carbons (Fsp3) is 0.250. The van der Waals surface area contributed by atoms with Crippen LogP contribution in [0.2, 0.25) is 0 Å². The smallest absolute Gasteiger partial charge is 0.264 e. The van der Waals surface area contributed by atoms with Crippen LogP contribution in [-0.2, 0) is 20.0 Å². The van der Waals surface area contributed by atoms with Gasteiger partial charge in [-0.2, -0.15) is 0 Å². The van der Waals surface area contributed by atoms with Gasteiger partial charge in [-0.15, -0.1) is 0 Å². The maximum absolute atomic E-state index is 13.8. The average molecular weight is 438 g/mol. The summed E-state index contributed by atoms with van der Waals surface area (Å²) in [5.41, 5.74) is -0.243. The first-order chi connectivity index (χ1) is 12.9. The van der Waals surface area contributed by atoms with Gasteiger partial charge in [0.2, 0.25) is 10.0 Å². The lowest BCUT2D eigenvalue weighted by atomic mass is 10.3. The van der Waals surface area contributed by atoms with E-state index in [0.717, 1.165) is 10.4 Å². The molecule has 0 saturated heterocycles. The van der Waals surface area contributed by atoms with Crippen LogP contribution < -0.4 is 9.46 Å². The summed E-state index contributed by atoms with van der Waals surface area (Å²) in [6.07, 6.45) is 0. The zero-order valence-electron chi connectivity index (χ0n) is 15.0. The minimum atomic E-state index is -4.67. The Kier molecular flexibility index (Phi) is 6.26. The molecule has 28 heavy (non-hydrogen) atoms. The van der Waals surface area contributed by atoms with E-state index in [0.29, 0.717) is 12.1 Å². The van der Waals surface area contributed by atoms with Crippen molar-refractivity contribution in [1.82, 2.24) is 4.31 Å². The summed E-state index contributed by atoms with van der Waals surface area (Å²) in [6, 6.07) is 4.42. The van der Waals surface area contributed by atoms with Gasteiger partial charge in [0.25, 0.3) is 10.0 Å². The molecular formula is C16H17F3N2O5S2. The van der Waals surface area contributed by atoms with Crippen LogP contribution in [0.4, 0.5) is 18.9 Å². The summed E-state index contributed by atoms with van der Waals surface area (Å²) in [5.74, 6) is -5.39. The molecule has 0 aliphatic rings.